The number of rotatable bonds is 2. The van der Waals surface area contributed by atoms with Crippen molar-refractivity contribution in [2.75, 3.05) is 5.73 Å². The second-order valence-electron chi connectivity index (χ2n) is 5.52. The highest BCUT2D eigenvalue weighted by Crippen LogP contribution is 2.45. The van der Waals surface area contributed by atoms with Gasteiger partial charge in [0.1, 0.15) is 5.69 Å². The van der Waals surface area contributed by atoms with Gasteiger partial charge in [-0.05, 0) is 29.4 Å². The van der Waals surface area contributed by atoms with Gasteiger partial charge in [0.05, 0.1) is 16.8 Å². The lowest BCUT2D eigenvalue weighted by Crippen LogP contribution is -1.87. The van der Waals surface area contributed by atoms with Crippen LogP contribution in [0.5, 0.6) is 5.88 Å². The second-order valence-corrected chi connectivity index (χ2v) is 5.52. The molecule has 0 amide bonds. The maximum Gasteiger partial charge on any atom is 0.201 e. The number of aromatic hydroxyl groups is 1. The highest BCUT2D eigenvalue weighted by Gasteiger charge is 2.22. The van der Waals surface area contributed by atoms with Gasteiger partial charge < -0.3 is 20.4 Å². The van der Waals surface area contributed by atoms with Gasteiger partial charge in [-0.3, -0.25) is 0 Å². The van der Waals surface area contributed by atoms with E-state index in [1.807, 2.05) is 30.3 Å². The first kappa shape index (κ1) is 13.4. The van der Waals surface area contributed by atoms with Gasteiger partial charge in [-0.15, -0.1) is 4.91 Å². The van der Waals surface area contributed by atoms with Gasteiger partial charge in [-0.25, -0.2) is 0 Å². The number of H-pyrrole nitrogens is 1. The zero-order chi connectivity index (χ0) is 16.1. The summed E-state index contributed by atoms with van der Waals surface area (Å²) in [5.74, 6) is 0.0575. The number of nitrogens with zero attached hydrogens (tertiary/aromatic N) is 2. The topological polar surface area (TPSA) is 96.4 Å². The van der Waals surface area contributed by atoms with E-state index in [2.05, 4.69) is 10.2 Å². The number of nitrogens with one attached hydrogen (secondary N) is 1. The number of benzene rings is 2. The summed E-state index contributed by atoms with van der Waals surface area (Å²) in [6.45, 7) is 0. The molecular formula is C17H14N4O2. The maximum atomic E-state index is 11.4. The van der Waals surface area contributed by atoms with Crippen LogP contribution in [0, 0.1) is 4.91 Å². The molecule has 4 rings (SSSR count). The van der Waals surface area contributed by atoms with Gasteiger partial charge >= 0.3 is 0 Å². The van der Waals surface area contributed by atoms with Crippen LogP contribution in [0.3, 0.4) is 0 Å². The van der Waals surface area contributed by atoms with E-state index in [1.54, 1.807) is 23.7 Å². The summed E-state index contributed by atoms with van der Waals surface area (Å²) >= 11 is 0. The molecule has 0 spiro atoms. The van der Waals surface area contributed by atoms with Crippen LogP contribution in [0.4, 0.5) is 11.4 Å². The van der Waals surface area contributed by atoms with E-state index >= 15 is 0 Å². The molecule has 0 saturated carbocycles. The normalized spacial score (nSPS) is 11.3. The molecule has 0 aliphatic heterocycles. The minimum atomic E-state index is 0.0575. The number of fused-ring (bicyclic) bond motifs is 2. The predicted molar refractivity (Wildman–Crippen MR) is 91.7 cm³/mol. The van der Waals surface area contributed by atoms with Gasteiger partial charge in [0.15, 0.2) is 0 Å². The Hall–Kier alpha value is -3.28. The molecule has 23 heavy (non-hydrogen) atoms. The molecule has 2 aromatic carbocycles. The number of aromatic nitrogens is 2. The zero-order valence-electron chi connectivity index (χ0n) is 12.4. The van der Waals surface area contributed by atoms with Gasteiger partial charge in [-0.1, -0.05) is 18.2 Å². The molecule has 0 unspecified atom stereocenters. The molecule has 2 aromatic heterocycles. The van der Waals surface area contributed by atoms with Crippen LogP contribution in [0.2, 0.25) is 0 Å². The van der Waals surface area contributed by atoms with Crippen LogP contribution in [-0.2, 0) is 7.05 Å². The van der Waals surface area contributed by atoms with Crippen molar-refractivity contribution in [3.05, 3.63) is 47.4 Å². The molecule has 114 valence electrons. The molecule has 0 bridgehead atoms. The van der Waals surface area contributed by atoms with Crippen LogP contribution in [0.1, 0.15) is 0 Å². The summed E-state index contributed by atoms with van der Waals surface area (Å²) in [7, 11) is 1.76. The number of hydrogen-bond acceptors (Lipinski definition) is 4. The Morgan fingerprint density at radius 3 is 2.74 bits per heavy atom. The first-order chi connectivity index (χ1) is 11.1. The van der Waals surface area contributed by atoms with Gasteiger partial charge in [0, 0.05) is 29.0 Å². The second kappa shape index (κ2) is 4.61. The van der Waals surface area contributed by atoms with E-state index < -0.39 is 0 Å². The van der Waals surface area contributed by atoms with Crippen LogP contribution in [0.15, 0.2) is 47.6 Å². The van der Waals surface area contributed by atoms with Crippen molar-refractivity contribution in [3.63, 3.8) is 0 Å². The molecule has 6 heteroatoms. The molecule has 2 heterocycles. The number of nitrogens with two attached hydrogens (primary N) is 1. The van der Waals surface area contributed by atoms with Crippen LogP contribution >= 0.6 is 0 Å². The van der Waals surface area contributed by atoms with Crippen molar-refractivity contribution in [1.82, 2.24) is 9.55 Å². The van der Waals surface area contributed by atoms with E-state index in [0.29, 0.717) is 16.9 Å². The predicted octanol–water partition coefficient (Wildman–Crippen LogP) is 4.01. The monoisotopic (exact) mass is 306 g/mol. The lowest BCUT2D eigenvalue weighted by atomic mass is 10.1. The van der Waals surface area contributed by atoms with Gasteiger partial charge in [-0.2, -0.15) is 0 Å². The van der Waals surface area contributed by atoms with E-state index in [0.717, 1.165) is 21.8 Å². The van der Waals surface area contributed by atoms with Crippen LogP contribution < -0.4 is 5.73 Å². The van der Waals surface area contributed by atoms with E-state index in [4.69, 9.17) is 5.73 Å². The average molecular weight is 306 g/mol. The molecule has 0 radical (unpaired) electrons. The molecule has 0 aliphatic rings. The Kier molecular flexibility index (Phi) is 2.68. The number of nitroso groups, excluding NO2 is 1. The molecule has 0 saturated heterocycles. The summed E-state index contributed by atoms with van der Waals surface area (Å²) in [6, 6.07) is 12.8. The largest absolute Gasteiger partial charge is 0.494 e. The number of nitrogen functional groups attached to an aromatic ring is 1. The lowest BCUT2D eigenvalue weighted by molar-refractivity contribution is 0.437. The van der Waals surface area contributed by atoms with E-state index in [9.17, 15) is 10.0 Å². The molecular weight excluding hydrogens is 292 g/mol. The number of para-hydroxylation sites is 1. The maximum absolute atomic E-state index is 11.4. The van der Waals surface area contributed by atoms with Gasteiger partial charge in [0.25, 0.3) is 0 Å². The molecule has 0 atom stereocenters. The molecule has 4 aromatic rings. The first-order valence-corrected chi connectivity index (χ1v) is 7.13. The smallest absolute Gasteiger partial charge is 0.201 e. The molecule has 0 aliphatic carbocycles. The summed E-state index contributed by atoms with van der Waals surface area (Å²) in [5.41, 5.74) is 9.39. The minimum Gasteiger partial charge on any atom is -0.494 e. The summed E-state index contributed by atoms with van der Waals surface area (Å²) < 4.78 is 1.66. The molecule has 6 nitrogen and oxygen atoms in total. The van der Waals surface area contributed by atoms with E-state index in [1.165, 1.54) is 0 Å². The van der Waals surface area contributed by atoms with Crippen molar-refractivity contribution >= 4 is 33.2 Å². The number of aromatic amines is 1. The standard InChI is InChI=1S/C17H14N4O2/c1-21-13-7-6-9(18)8-11(13)14(17(21)22)16-15(20-23)10-4-2-3-5-12(10)19-16/h2-8,19,22H,18H2,1H3. The molecule has 4 N–H and O–H groups in total. The van der Waals surface area contributed by atoms with Crippen LogP contribution in [-0.4, -0.2) is 14.7 Å². The third-order valence-corrected chi connectivity index (χ3v) is 4.21. The Morgan fingerprint density at radius 1 is 1.17 bits per heavy atom. The summed E-state index contributed by atoms with van der Waals surface area (Å²) in [5, 5.41) is 15.2. The average Bonchev–Trinajstić information content (AvgIpc) is 3.03. The summed E-state index contributed by atoms with van der Waals surface area (Å²) in [6.07, 6.45) is 0. The van der Waals surface area contributed by atoms with Crippen molar-refractivity contribution < 1.29 is 5.11 Å². The minimum absolute atomic E-state index is 0.0575. The Labute approximate surface area is 131 Å². The van der Waals surface area contributed by atoms with Crippen molar-refractivity contribution in [3.8, 4) is 17.1 Å². The van der Waals surface area contributed by atoms with Crippen molar-refractivity contribution in [2.24, 2.45) is 12.2 Å². The zero-order valence-corrected chi connectivity index (χ0v) is 12.4. The highest BCUT2D eigenvalue weighted by atomic mass is 16.3. The number of hydrogen-bond donors (Lipinski definition) is 3. The fourth-order valence-corrected chi connectivity index (χ4v) is 3.10. The number of aryl methyl sites for hydroxylation is 1. The van der Waals surface area contributed by atoms with Crippen molar-refractivity contribution in [2.45, 2.75) is 0 Å². The highest BCUT2D eigenvalue weighted by molar-refractivity contribution is 6.08. The lowest BCUT2D eigenvalue weighted by Gasteiger charge is -2.00. The quantitative estimate of drug-likeness (QED) is 0.385. The molecule has 0 fully saturated rings. The summed E-state index contributed by atoms with van der Waals surface area (Å²) in [4.78, 5) is 14.6. The first-order valence-electron chi connectivity index (χ1n) is 7.13. The Morgan fingerprint density at radius 2 is 1.96 bits per heavy atom. The van der Waals surface area contributed by atoms with Crippen LogP contribution in [0.25, 0.3) is 33.1 Å². The Bertz CT molecular complexity index is 1080. The fraction of sp³-hybridized carbons (Fsp3) is 0.0588. The van der Waals surface area contributed by atoms with E-state index in [-0.39, 0.29) is 11.6 Å². The SMILES string of the molecule is Cn1c(O)c(-c2[nH]c3ccccc3c2N=O)c2cc(N)ccc21. The fourth-order valence-electron chi connectivity index (χ4n) is 3.10. The third-order valence-electron chi connectivity index (χ3n) is 4.21. The van der Waals surface area contributed by atoms with Gasteiger partial charge in [0.2, 0.25) is 5.88 Å². The third kappa shape index (κ3) is 1.75. The number of anilines is 1. The van der Waals surface area contributed by atoms with Crippen molar-refractivity contribution in [1.29, 1.82) is 0 Å². The Balaban J connectivity index is 2.17.